The van der Waals surface area contributed by atoms with Crippen molar-refractivity contribution in [2.45, 2.75) is 0 Å². The maximum atomic E-state index is 8.95. The van der Waals surface area contributed by atoms with Gasteiger partial charge in [0.2, 0.25) is 0 Å². The van der Waals surface area contributed by atoms with Gasteiger partial charge in [0, 0.05) is 18.0 Å². The summed E-state index contributed by atoms with van der Waals surface area (Å²) in [6.45, 7) is 0. The first-order valence-electron chi connectivity index (χ1n) is 4.81. The molecule has 1 N–H and O–H groups in total. The van der Waals surface area contributed by atoms with Crippen LogP contribution in [0.2, 0.25) is 0 Å². The molecule has 0 saturated carbocycles. The smallest absolute Gasteiger partial charge is 0.127 e. The number of aromatic nitrogens is 2. The predicted molar refractivity (Wildman–Crippen MR) is 64.1 cm³/mol. The Labute approximate surface area is 96.0 Å². The lowest BCUT2D eigenvalue weighted by Crippen LogP contribution is -1.75. The van der Waals surface area contributed by atoms with Crippen molar-refractivity contribution >= 4 is 21.6 Å². The highest BCUT2D eigenvalue weighted by molar-refractivity contribution is 7.21. The molecule has 2 heterocycles. The third-order valence-corrected chi connectivity index (χ3v) is 3.46. The number of nitrogens with one attached hydrogen (secondary N) is 1. The van der Waals surface area contributed by atoms with E-state index in [9.17, 15) is 0 Å². The third-order valence-electron chi connectivity index (χ3n) is 2.39. The van der Waals surface area contributed by atoms with Crippen molar-refractivity contribution in [2.75, 3.05) is 0 Å². The molecule has 3 rings (SSSR count). The van der Waals surface area contributed by atoms with Gasteiger partial charge in [-0.15, -0.1) is 11.3 Å². The SMILES string of the molecule is N#Cc1c[nH]cc1-c1nc2ccccc2s1. The highest BCUT2D eigenvalue weighted by atomic mass is 32.1. The molecule has 0 spiro atoms. The van der Waals surface area contributed by atoms with Crippen molar-refractivity contribution in [3.63, 3.8) is 0 Å². The van der Waals surface area contributed by atoms with E-state index in [0.29, 0.717) is 5.56 Å². The monoisotopic (exact) mass is 225 g/mol. The Hall–Kier alpha value is -2.12. The van der Waals surface area contributed by atoms with Gasteiger partial charge in [-0.2, -0.15) is 5.26 Å². The normalized spacial score (nSPS) is 10.4. The van der Waals surface area contributed by atoms with E-state index in [1.807, 2.05) is 30.5 Å². The van der Waals surface area contributed by atoms with Crippen LogP contribution in [0.15, 0.2) is 36.7 Å². The molecule has 0 atom stereocenters. The number of benzene rings is 1. The minimum atomic E-state index is 0.638. The molecular formula is C12H7N3S. The van der Waals surface area contributed by atoms with E-state index in [0.717, 1.165) is 20.8 Å². The van der Waals surface area contributed by atoms with E-state index in [1.54, 1.807) is 17.5 Å². The number of fused-ring (bicyclic) bond motifs is 1. The Morgan fingerprint density at radius 2 is 2.12 bits per heavy atom. The van der Waals surface area contributed by atoms with Crippen molar-refractivity contribution in [2.24, 2.45) is 0 Å². The predicted octanol–water partition coefficient (Wildman–Crippen LogP) is 3.16. The molecule has 0 aliphatic heterocycles. The summed E-state index contributed by atoms with van der Waals surface area (Å²) in [5.74, 6) is 0. The Morgan fingerprint density at radius 3 is 2.94 bits per heavy atom. The van der Waals surface area contributed by atoms with Crippen LogP contribution in [0.5, 0.6) is 0 Å². The van der Waals surface area contributed by atoms with Crippen LogP contribution in [0.4, 0.5) is 0 Å². The van der Waals surface area contributed by atoms with Crippen LogP contribution in [0.1, 0.15) is 5.56 Å². The molecule has 4 heteroatoms. The standard InChI is InChI=1S/C12H7N3S/c13-5-8-6-14-7-9(8)12-15-10-3-1-2-4-11(10)16-12/h1-4,6-7,14H. The van der Waals surface area contributed by atoms with Crippen LogP contribution in [0.25, 0.3) is 20.8 Å². The summed E-state index contributed by atoms with van der Waals surface area (Å²) in [7, 11) is 0. The highest BCUT2D eigenvalue weighted by Gasteiger charge is 2.10. The van der Waals surface area contributed by atoms with E-state index in [4.69, 9.17) is 5.26 Å². The van der Waals surface area contributed by atoms with Crippen molar-refractivity contribution in [3.8, 4) is 16.6 Å². The van der Waals surface area contributed by atoms with Gasteiger partial charge in [0.15, 0.2) is 0 Å². The van der Waals surface area contributed by atoms with Gasteiger partial charge in [-0.1, -0.05) is 12.1 Å². The first-order valence-corrected chi connectivity index (χ1v) is 5.63. The Balaban J connectivity index is 2.24. The van der Waals surface area contributed by atoms with Crippen molar-refractivity contribution in [1.29, 1.82) is 5.26 Å². The maximum Gasteiger partial charge on any atom is 0.127 e. The van der Waals surface area contributed by atoms with E-state index in [1.165, 1.54) is 0 Å². The first-order chi connectivity index (χ1) is 7.88. The average molecular weight is 225 g/mol. The number of H-pyrrole nitrogens is 1. The molecule has 0 aliphatic carbocycles. The summed E-state index contributed by atoms with van der Waals surface area (Å²) < 4.78 is 1.14. The molecule has 3 nitrogen and oxygen atoms in total. The summed E-state index contributed by atoms with van der Waals surface area (Å²) in [4.78, 5) is 7.45. The summed E-state index contributed by atoms with van der Waals surface area (Å²) >= 11 is 1.60. The number of nitriles is 1. The molecule has 0 amide bonds. The second kappa shape index (κ2) is 3.47. The fraction of sp³-hybridized carbons (Fsp3) is 0. The average Bonchev–Trinajstić information content (AvgIpc) is 2.94. The van der Waals surface area contributed by atoms with Crippen LogP contribution >= 0.6 is 11.3 Å². The van der Waals surface area contributed by atoms with Crippen LogP contribution in [-0.4, -0.2) is 9.97 Å². The van der Waals surface area contributed by atoms with Crippen LogP contribution in [0.3, 0.4) is 0 Å². The number of hydrogen-bond donors (Lipinski definition) is 1. The Kier molecular flexibility index (Phi) is 1.98. The summed E-state index contributed by atoms with van der Waals surface area (Å²) in [6, 6.07) is 10.1. The second-order valence-corrected chi connectivity index (χ2v) is 4.41. The maximum absolute atomic E-state index is 8.95. The van der Waals surface area contributed by atoms with Gasteiger partial charge < -0.3 is 4.98 Å². The van der Waals surface area contributed by atoms with Crippen molar-refractivity contribution in [3.05, 3.63) is 42.2 Å². The number of rotatable bonds is 1. The van der Waals surface area contributed by atoms with E-state index in [2.05, 4.69) is 16.0 Å². The largest absolute Gasteiger partial charge is 0.366 e. The molecule has 16 heavy (non-hydrogen) atoms. The van der Waals surface area contributed by atoms with E-state index in [-0.39, 0.29) is 0 Å². The molecule has 0 fully saturated rings. The number of nitrogens with zero attached hydrogens (tertiary/aromatic N) is 2. The number of para-hydroxylation sites is 1. The quantitative estimate of drug-likeness (QED) is 0.691. The van der Waals surface area contributed by atoms with E-state index >= 15 is 0 Å². The highest BCUT2D eigenvalue weighted by Crippen LogP contribution is 2.31. The lowest BCUT2D eigenvalue weighted by molar-refractivity contribution is 1.40. The number of aromatic amines is 1. The molecule has 0 saturated heterocycles. The minimum Gasteiger partial charge on any atom is -0.366 e. The van der Waals surface area contributed by atoms with Gasteiger partial charge >= 0.3 is 0 Å². The zero-order valence-electron chi connectivity index (χ0n) is 8.27. The zero-order chi connectivity index (χ0) is 11.0. The summed E-state index contributed by atoms with van der Waals surface area (Å²) in [5, 5.41) is 9.84. The van der Waals surface area contributed by atoms with Crippen LogP contribution in [-0.2, 0) is 0 Å². The van der Waals surface area contributed by atoms with Crippen LogP contribution in [0, 0.1) is 11.3 Å². The molecule has 0 radical (unpaired) electrons. The van der Waals surface area contributed by atoms with E-state index < -0.39 is 0 Å². The molecule has 76 valence electrons. The molecular weight excluding hydrogens is 218 g/mol. The Morgan fingerprint density at radius 1 is 1.25 bits per heavy atom. The summed E-state index contributed by atoms with van der Waals surface area (Å²) in [6.07, 6.45) is 3.51. The van der Waals surface area contributed by atoms with Gasteiger partial charge in [-0.05, 0) is 12.1 Å². The minimum absolute atomic E-state index is 0.638. The van der Waals surface area contributed by atoms with Gasteiger partial charge in [-0.3, -0.25) is 0 Å². The lowest BCUT2D eigenvalue weighted by atomic mass is 10.2. The van der Waals surface area contributed by atoms with Crippen molar-refractivity contribution in [1.82, 2.24) is 9.97 Å². The topological polar surface area (TPSA) is 52.5 Å². The van der Waals surface area contributed by atoms with Gasteiger partial charge in [-0.25, -0.2) is 4.98 Å². The third kappa shape index (κ3) is 1.30. The van der Waals surface area contributed by atoms with Crippen molar-refractivity contribution < 1.29 is 0 Å². The molecule has 0 aliphatic rings. The van der Waals surface area contributed by atoms with Gasteiger partial charge in [0.1, 0.15) is 11.1 Å². The molecule has 2 aromatic heterocycles. The Bertz CT molecular complexity index is 654. The molecule has 0 bridgehead atoms. The molecule has 0 unspecified atom stereocenters. The van der Waals surface area contributed by atoms with Crippen LogP contribution < -0.4 is 0 Å². The zero-order valence-corrected chi connectivity index (χ0v) is 9.08. The second-order valence-electron chi connectivity index (χ2n) is 3.38. The fourth-order valence-corrected chi connectivity index (χ4v) is 2.62. The molecule has 3 aromatic rings. The summed E-state index contributed by atoms with van der Waals surface area (Å²) in [5.41, 5.74) is 2.50. The number of thiazole rings is 1. The number of hydrogen-bond acceptors (Lipinski definition) is 3. The van der Waals surface area contributed by atoms with Gasteiger partial charge in [0.05, 0.1) is 15.8 Å². The van der Waals surface area contributed by atoms with Gasteiger partial charge in [0.25, 0.3) is 0 Å². The lowest BCUT2D eigenvalue weighted by Gasteiger charge is -1.88. The first kappa shape index (κ1) is 9.13. The molecule has 1 aromatic carbocycles. The fourth-order valence-electron chi connectivity index (χ4n) is 1.62.